The number of morpholine rings is 1. The van der Waals surface area contributed by atoms with Gasteiger partial charge < -0.3 is 20.3 Å². The van der Waals surface area contributed by atoms with Crippen molar-refractivity contribution >= 4 is 35.6 Å². The molecule has 2 saturated heterocycles. The zero-order chi connectivity index (χ0) is 15.5. The first kappa shape index (κ1) is 18.2. The van der Waals surface area contributed by atoms with Gasteiger partial charge in [0.1, 0.15) is 6.04 Å². The highest BCUT2D eigenvalue weighted by molar-refractivity contribution is 7.09. The van der Waals surface area contributed by atoms with Crippen molar-refractivity contribution in [3.05, 3.63) is 22.4 Å². The average molecular weight is 360 g/mol. The number of halogens is 1. The Morgan fingerprint density at radius 2 is 2.13 bits per heavy atom. The highest BCUT2D eigenvalue weighted by Crippen LogP contribution is 2.21. The van der Waals surface area contributed by atoms with Gasteiger partial charge in [0.2, 0.25) is 11.8 Å². The van der Waals surface area contributed by atoms with E-state index in [1.54, 1.807) is 21.1 Å². The lowest BCUT2D eigenvalue weighted by molar-refractivity contribution is -0.146. The van der Waals surface area contributed by atoms with E-state index in [0.717, 1.165) is 4.88 Å². The summed E-state index contributed by atoms with van der Waals surface area (Å²) in [4.78, 5) is 29.8. The van der Waals surface area contributed by atoms with Crippen LogP contribution >= 0.6 is 23.7 Å². The van der Waals surface area contributed by atoms with Gasteiger partial charge in [0.05, 0.1) is 19.3 Å². The minimum absolute atomic E-state index is 0. The van der Waals surface area contributed by atoms with Gasteiger partial charge in [-0.05, 0) is 17.9 Å². The van der Waals surface area contributed by atoms with E-state index in [-0.39, 0.29) is 24.2 Å². The number of carbonyl (C=O) groups is 2. The number of nitrogens with two attached hydrogens (primary N) is 1. The summed E-state index contributed by atoms with van der Waals surface area (Å²) in [7, 11) is 0. The average Bonchev–Trinajstić information content (AvgIpc) is 3.17. The Kier molecular flexibility index (Phi) is 6.41. The number of carbonyl (C=O) groups excluding carboxylic acids is 2. The molecule has 2 amide bonds. The molecule has 3 rings (SSSR count). The predicted molar refractivity (Wildman–Crippen MR) is 90.8 cm³/mol. The van der Waals surface area contributed by atoms with Crippen molar-refractivity contribution in [3.8, 4) is 0 Å². The molecular weight excluding hydrogens is 338 g/mol. The molecular formula is C15H22ClN3O3S. The Morgan fingerprint density at radius 3 is 2.70 bits per heavy atom. The summed E-state index contributed by atoms with van der Waals surface area (Å²) < 4.78 is 5.31. The van der Waals surface area contributed by atoms with E-state index >= 15 is 0 Å². The zero-order valence-corrected chi connectivity index (χ0v) is 14.5. The van der Waals surface area contributed by atoms with Crippen LogP contribution in [0.1, 0.15) is 11.3 Å². The summed E-state index contributed by atoms with van der Waals surface area (Å²) in [6, 6.07) is 3.06. The van der Waals surface area contributed by atoms with Crippen molar-refractivity contribution in [2.75, 3.05) is 32.8 Å². The molecule has 2 aliphatic heterocycles. The topological polar surface area (TPSA) is 75.9 Å². The van der Waals surface area contributed by atoms with Crippen LogP contribution in [0.25, 0.3) is 0 Å². The van der Waals surface area contributed by atoms with Crippen molar-refractivity contribution in [2.24, 2.45) is 5.73 Å². The fourth-order valence-corrected chi connectivity index (χ4v) is 3.72. The van der Waals surface area contributed by atoms with Crippen molar-refractivity contribution in [1.29, 1.82) is 0 Å². The molecule has 6 nitrogen and oxygen atoms in total. The van der Waals surface area contributed by atoms with Gasteiger partial charge in [-0.25, -0.2) is 0 Å². The fraction of sp³-hybridized carbons (Fsp3) is 0.600. The van der Waals surface area contributed by atoms with E-state index in [0.29, 0.717) is 45.7 Å². The van der Waals surface area contributed by atoms with Crippen LogP contribution in [0, 0.1) is 0 Å². The molecule has 0 radical (unpaired) electrons. The smallest absolute Gasteiger partial charge is 0.245 e. The predicted octanol–water partition coefficient (Wildman–Crippen LogP) is 0.499. The normalized spacial score (nSPS) is 22.8. The molecule has 0 unspecified atom stereocenters. The zero-order valence-electron chi connectivity index (χ0n) is 12.8. The molecule has 2 aliphatic rings. The van der Waals surface area contributed by atoms with E-state index in [1.165, 1.54) is 0 Å². The number of nitrogens with zero attached hydrogens (tertiary/aromatic N) is 2. The summed E-state index contributed by atoms with van der Waals surface area (Å²) in [5, 5.41) is 1.99. The summed E-state index contributed by atoms with van der Waals surface area (Å²) in [6.07, 6.45) is 1.18. The van der Waals surface area contributed by atoms with Gasteiger partial charge in [-0.3, -0.25) is 9.59 Å². The molecule has 0 aliphatic carbocycles. The second kappa shape index (κ2) is 8.10. The molecule has 0 saturated carbocycles. The van der Waals surface area contributed by atoms with Gasteiger partial charge in [-0.1, -0.05) is 6.07 Å². The number of hydrogen-bond donors (Lipinski definition) is 1. The maximum Gasteiger partial charge on any atom is 0.245 e. The fourth-order valence-electron chi connectivity index (χ4n) is 2.98. The van der Waals surface area contributed by atoms with Crippen LogP contribution in [0.15, 0.2) is 17.5 Å². The van der Waals surface area contributed by atoms with Crippen molar-refractivity contribution < 1.29 is 14.3 Å². The molecule has 128 valence electrons. The Balaban J connectivity index is 0.00000192. The van der Waals surface area contributed by atoms with Gasteiger partial charge in [-0.15, -0.1) is 23.7 Å². The maximum absolute atomic E-state index is 12.9. The summed E-state index contributed by atoms with van der Waals surface area (Å²) >= 11 is 1.61. The molecule has 0 spiro atoms. The molecule has 0 bridgehead atoms. The second-order valence-corrected chi connectivity index (χ2v) is 6.70. The number of likely N-dealkylation sites (tertiary alicyclic amines) is 1. The Morgan fingerprint density at radius 1 is 1.39 bits per heavy atom. The minimum atomic E-state index is -0.469. The van der Waals surface area contributed by atoms with E-state index < -0.39 is 12.1 Å². The first-order valence-corrected chi connectivity index (χ1v) is 8.50. The third-order valence-electron chi connectivity index (χ3n) is 4.24. The van der Waals surface area contributed by atoms with E-state index in [9.17, 15) is 9.59 Å². The largest absolute Gasteiger partial charge is 0.378 e. The summed E-state index contributed by atoms with van der Waals surface area (Å²) in [5.74, 6) is -0.0951. The van der Waals surface area contributed by atoms with E-state index in [2.05, 4.69) is 0 Å². The molecule has 1 aromatic heterocycles. The van der Waals surface area contributed by atoms with Gasteiger partial charge in [-0.2, -0.15) is 0 Å². The van der Waals surface area contributed by atoms with Crippen LogP contribution in [0.4, 0.5) is 0 Å². The second-order valence-electron chi connectivity index (χ2n) is 5.66. The third-order valence-corrected chi connectivity index (χ3v) is 5.14. The van der Waals surface area contributed by atoms with E-state index in [4.69, 9.17) is 10.5 Å². The molecule has 2 N–H and O–H groups in total. The Hall–Kier alpha value is -1.15. The molecule has 0 aromatic carbocycles. The molecule has 8 heteroatoms. The number of thiophene rings is 1. The Bertz CT molecular complexity index is 534. The number of ether oxygens (including phenoxy) is 1. The van der Waals surface area contributed by atoms with Gasteiger partial charge in [0.25, 0.3) is 0 Å². The monoisotopic (exact) mass is 359 g/mol. The van der Waals surface area contributed by atoms with Crippen LogP contribution in [0.5, 0.6) is 0 Å². The lowest BCUT2D eigenvalue weighted by atomic mass is 10.1. The highest BCUT2D eigenvalue weighted by atomic mass is 35.5. The third kappa shape index (κ3) is 4.03. The van der Waals surface area contributed by atoms with Crippen LogP contribution < -0.4 is 5.73 Å². The lowest BCUT2D eigenvalue weighted by Crippen LogP contribution is -2.54. The quantitative estimate of drug-likeness (QED) is 0.849. The molecule has 23 heavy (non-hydrogen) atoms. The highest BCUT2D eigenvalue weighted by Gasteiger charge is 2.39. The molecule has 1 aromatic rings. The number of hydrogen-bond acceptors (Lipinski definition) is 5. The first-order valence-electron chi connectivity index (χ1n) is 7.62. The number of amides is 2. The summed E-state index contributed by atoms with van der Waals surface area (Å²) in [5.41, 5.74) is 5.82. The standard InChI is InChI=1S/C15H21N3O3S.ClH/c16-12-3-4-18(14(12)19)13(10-11-2-1-9-22-11)15(20)17-5-7-21-8-6-17;/h1-2,9,12-13H,3-8,10,16H2;1H/t12-,13-;/m0./s1. The van der Waals surface area contributed by atoms with Gasteiger partial charge in [0, 0.05) is 30.9 Å². The molecule has 2 fully saturated rings. The van der Waals surface area contributed by atoms with Crippen molar-refractivity contribution in [3.63, 3.8) is 0 Å². The molecule has 3 heterocycles. The Labute approximate surface area is 146 Å². The van der Waals surface area contributed by atoms with Crippen LogP contribution in [0.3, 0.4) is 0 Å². The lowest BCUT2D eigenvalue weighted by Gasteiger charge is -2.34. The van der Waals surface area contributed by atoms with Crippen LogP contribution in [0.2, 0.25) is 0 Å². The maximum atomic E-state index is 12.9. The minimum Gasteiger partial charge on any atom is -0.378 e. The van der Waals surface area contributed by atoms with Crippen LogP contribution in [-0.2, 0) is 20.7 Å². The van der Waals surface area contributed by atoms with E-state index in [1.807, 2.05) is 17.5 Å². The van der Waals surface area contributed by atoms with Crippen molar-refractivity contribution in [1.82, 2.24) is 9.80 Å². The number of rotatable bonds is 4. The van der Waals surface area contributed by atoms with Crippen molar-refractivity contribution in [2.45, 2.75) is 24.9 Å². The van der Waals surface area contributed by atoms with Gasteiger partial charge >= 0.3 is 0 Å². The van der Waals surface area contributed by atoms with Gasteiger partial charge in [0.15, 0.2) is 0 Å². The summed E-state index contributed by atoms with van der Waals surface area (Å²) in [6.45, 7) is 2.86. The SMILES string of the molecule is Cl.N[C@H]1CCN([C@@H](Cc2cccs2)C(=O)N2CCOCC2)C1=O. The van der Waals surface area contributed by atoms with Crippen LogP contribution in [-0.4, -0.2) is 66.5 Å². The molecule has 2 atom stereocenters. The first-order chi connectivity index (χ1) is 10.7.